The molecule has 33 heavy (non-hydrogen) atoms. The Hall–Kier alpha value is -2.20. The molecule has 1 aliphatic rings. The lowest BCUT2D eigenvalue weighted by Crippen LogP contribution is -2.66. The van der Waals surface area contributed by atoms with Crippen LogP contribution in [0.1, 0.15) is 69.2 Å². The highest BCUT2D eigenvalue weighted by molar-refractivity contribution is 5.77. The number of esters is 3. The van der Waals surface area contributed by atoms with Crippen LogP contribution in [0.15, 0.2) is 0 Å². The first-order valence-electron chi connectivity index (χ1n) is 10.9. The van der Waals surface area contributed by atoms with Crippen LogP contribution in [0.5, 0.6) is 0 Å². The van der Waals surface area contributed by atoms with Gasteiger partial charge in [-0.25, -0.2) is 0 Å². The molecule has 0 radical (unpaired) electrons. The van der Waals surface area contributed by atoms with Gasteiger partial charge < -0.3 is 29.4 Å². The van der Waals surface area contributed by atoms with Gasteiger partial charge in [-0.15, -0.1) is 0 Å². The first-order chi connectivity index (χ1) is 14.7. The smallest absolute Gasteiger partial charge is 0.311 e. The summed E-state index contributed by atoms with van der Waals surface area (Å²) in [5.41, 5.74) is -2.64. The van der Waals surface area contributed by atoms with Crippen LogP contribution < -0.4 is 5.32 Å². The monoisotopic (exact) mass is 473 g/mol. The number of hydrogen-bond donors (Lipinski definition) is 2. The lowest BCUT2D eigenvalue weighted by Gasteiger charge is -2.44. The van der Waals surface area contributed by atoms with Gasteiger partial charge in [0.25, 0.3) is 0 Å². The number of rotatable bonds is 5. The summed E-state index contributed by atoms with van der Waals surface area (Å²) in [6.45, 7) is 15.7. The van der Waals surface area contributed by atoms with E-state index in [4.69, 9.17) is 18.9 Å². The summed E-state index contributed by atoms with van der Waals surface area (Å²) in [6, 6.07) is -1.22. The summed E-state index contributed by atoms with van der Waals surface area (Å²) in [5.74, 6) is -2.32. The topological polar surface area (TPSA) is 137 Å². The van der Waals surface area contributed by atoms with E-state index in [1.165, 1.54) is 6.92 Å². The fourth-order valence-corrected chi connectivity index (χ4v) is 2.70. The number of carbonyl (C=O) groups is 4. The molecule has 0 aliphatic carbocycles. The summed E-state index contributed by atoms with van der Waals surface area (Å²) in [4.78, 5) is 49.5. The van der Waals surface area contributed by atoms with Gasteiger partial charge in [0.15, 0.2) is 18.5 Å². The van der Waals surface area contributed by atoms with E-state index in [0.717, 1.165) is 0 Å². The zero-order chi connectivity index (χ0) is 25.9. The van der Waals surface area contributed by atoms with Gasteiger partial charge in [-0.1, -0.05) is 0 Å². The van der Waals surface area contributed by atoms with Gasteiger partial charge >= 0.3 is 17.9 Å². The molecule has 1 amide bonds. The molecule has 1 aliphatic heterocycles. The second kappa shape index (κ2) is 10.4. The molecule has 0 aromatic carbocycles. The van der Waals surface area contributed by atoms with E-state index in [9.17, 15) is 24.3 Å². The first kappa shape index (κ1) is 28.8. The van der Waals surface area contributed by atoms with Gasteiger partial charge in [-0.3, -0.25) is 19.2 Å². The van der Waals surface area contributed by atoms with E-state index in [0.29, 0.717) is 0 Å². The normalized spacial score (nSPS) is 26.2. The van der Waals surface area contributed by atoms with Crippen LogP contribution in [0.25, 0.3) is 0 Å². The minimum absolute atomic E-state index is 0.369. The average molecular weight is 474 g/mol. The maximum atomic E-state index is 12.7. The number of hydrogen-bond acceptors (Lipinski definition) is 9. The van der Waals surface area contributed by atoms with Gasteiger partial charge in [0, 0.05) is 6.92 Å². The molecule has 10 nitrogen and oxygen atoms in total. The zero-order valence-corrected chi connectivity index (χ0v) is 21.3. The van der Waals surface area contributed by atoms with Crippen LogP contribution in [0.2, 0.25) is 0 Å². The minimum atomic E-state index is -1.62. The van der Waals surface area contributed by atoms with Crippen molar-refractivity contribution in [1.82, 2.24) is 5.32 Å². The summed E-state index contributed by atoms with van der Waals surface area (Å²) in [5, 5.41) is 13.1. The van der Waals surface area contributed by atoms with Gasteiger partial charge in [0.2, 0.25) is 5.91 Å². The molecule has 1 saturated heterocycles. The molecule has 0 spiro atoms. The van der Waals surface area contributed by atoms with Crippen LogP contribution in [0.4, 0.5) is 0 Å². The Morgan fingerprint density at radius 1 is 0.788 bits per heavy atom. The van der Waals surface area contributed by atoms with Gasteiger partial charge in [-0.05, 0) is 62.3 Å². The molecule has 1 fully saturated rings. The third kappa shape index (κ3) is 8.26. The van der Waals surface area contributed by atoms with E-state index in [-0.39, 0.29) is 6.61 Å². The van der Waals surface area contributed by atoms with Crippen molar-refractivity contribution >= 4 is 23.8 Å². The van der Waals surface area contributed by atoms with Crippen molar-refractivity contribution in [2.45, 2.75) is 99.9 Å². The van der Waals surface area contributed by atoms with Crippen molar-refractivity contribution in [2.75, 3.05) is 6.61 Å². The van der Waals surface area contributed by atoms with E-state index in [1.54, 1.807) is 62.3 Å². The third-order valence-electron chi connectivity index (χ3n) is 4.74. The van der Waals surface area contributed by atoms with Crippen LogP contribution in [-0.4, -0.2) is 66.2 Å². The van der Waals surface area contributed by atoms with Crippen LogP contribution in [-0.2, 0) is 38.1 Å². The second-order valence-corrected chi connectivity index (χ2v) is 11.4. The molecule has 190 valence electrons. The highest BCUT2D eigenvalue weighted by Crippen LogP contribution is 2.30. The number of aliphatic hydroxyl groups excluding tert-OH is 1. The molecular weight excluding hydrogens is 434 g/mol. The summed E-state index contributed by atoms with van der Waals surface area (Å²) in [7, 11) is 0. The lowest BCUT2D eigenvalue weighted by molar-refractivity contribution is -0.269. The van der Waals surface area contributed by atoms with Crippen LogP contribution in [0, 0.1) is 16.2 Å². The maximum Gasteiger partial charge on any atom is 0.311 e. The highest BCUT2D eigenvalue weighted by atomic mass is 16.7. The van der Waals surface area contributed by atoms with Gasteiger partial charge in [0.05, 0.1) is 16.2 Å². The number of nitrogens with one attached hydrogen (secondary N) is 1. The van der Waals surface area contributed by atoms with E-state index < -0.39 is 70.7 Å². The van der Waals surface area contributed by atoms with Crippen LogP contribution >= 0.6 is 0 Å². The minimum Gasteiger partial charge on any atom is -0.462 e. The zero-order valence-electron chi connectivity index (χ0n) is 21.3. The molecule has 0 bridgehead atoms. The quantitative estimate of drug-likeness (QED) is 0.451. The van der Waals surface area contributed by atoms with Crippen molar-refractivity contribution in [3.05, 3.63) is 0 Å². The maximum absolute atomic E-state index is 12.7. The molecule has 0 aromatic rings. The summed E-state index contributed by atoms with van der Waals surface area (Å²) >= 11 is 0. The third-order valence-corrected chi connectivity index (χ3v) is 4.74. The number of ether oxygens (including phenoxy) is 4. The Kier molecular flexibility index (Phi) is 9.07. The highest BCUT2D eigenvalue weighted by Gasteiger charge is 2.52. The number of aliphatic hydroxyl groups is 1. The van der Waals surface area contributed by atoms with Crippen LogP contribution in [0.3, 0.4) is 0 Å². The first-order valence-corrected chi connectivity index (χ1v) is 10.9. The van der Waals surface area contributed by atoms with Crippen molar-refractivity contribution < 1.29 is 43.2 Å². The Labute approximate surface area is 195 Å². The Morgan fingerprint density at radius 2 is 1.21 bits per heavy atom. The summed E-state index contributed by atoms with van der Waals surface area (Å²) < 4.78 is 22.3. The van der Waals surface area contributed by atoms with E-state index in [1.807, 2.05) is 0 Å². The second-order valence-electron chi connectivity index (χ2n) is 11.4. The SMILES string of the molecule is CC(=O)N[C@@H]1[C@@H](OC(=O)C(C)(C)C)[C@@H](OC(=O)C(C)(C)C)[C@@H](COC(=O)C(C)(C)C)O[C@H]1O. The molecule has 0 saturated carbocycles. The fourth-order valence-electron chi connectivity index (χ4n) is 2.70. The van der Waals surface area contributed by atoms with Gasteiger partial charge in [-0.2, -0.15) is 0 Å². The Morgan fingerprint density at radius 3 is 1.61 bits per heavy atom. The molecule has 5 atom stereocenters. The van der Waals surface area contributed by atoms with E-state index >= 15 is 0 Å². The Balaban J connectivity index is 3.39. The van der Waals surface area contributed by atoms with E-state index in [2.05, 4.69) is 5.32 Å². The largest absolute Gasteiger partial charge is 0.462 e. The average Bonchev–Trinajstić information content (AvgIpc) is 2.61. The molecule has 1 heterocycles. The number of amides is 1. The molecule has 0 unspecified atom stereocenters. The number of carbonyl (C=O) groups excluding carboxylic acids is 4. The predicted molar refractivity (Wildman–Crippen MR) is 118 cm³/mol. The Bertz CT molecular complexity index is 743. The van der Waals surface area contributed by atoms with Crippen molar-refractivity contribution in [1.29, 1.82) is 0 Å². The summed E-state index contributed by atoms with van der Waals surface area (Å²) in [6.07, 6.45) is -5.33. The van der Waals surface area contributed by atoms with Gasteiger partial charge in [0.1, 0.15) is 18.8 Å². The lowest BCUT2D eigenvalue weighted by atomic mass is 9.92. The molecule has 0 aromatic heterocycles. The van der Waals surface area contributed by atoms with Crippen molar-refractivity contribution in [3.8, 4) is 0 Å². The molecular formula is C23H39NO9. The fraction of sp³-hybridized carbons (Fsp3) is 0.826. The molecule has 1 rings (SSSR count). The molecule has 10 heteroatoms. The standard InChI is InChI=1S/C23H39NO9/c1-12(25)24-14-16(33-20(29)23(8,9)10)15(32-19(28)22(5,6)7)13(31-17(14)26)11-30-18(27)21(2,3)4/h13-17,26H,11H2,1-10H3,(H,24,25)/t13-,14-,15+,16-,17-/m1/s1. The predicted octanol–water partition coefficient (Wildman–Crippen LogP) is 1.71. The van der Waals surface area contributed by atoms with Crippen molar-refractivity contribution in [3.63, 3.8) is 0 Å². The van der Waals surface area contributed by atoms with Crippen molar-refractivity contribution in [2.24, 2.45) is 16.2 Å². The molecule has 2 N–H and O–H groups in total.